The second-order valence-corrected chi connectivity index (χ2v) is 4.64. The van der Waals surface area contributed by atoms with Gasteiger partial charge in [-0.25, -0.2) is 0 Å². The molecule has 2 amide bonds. The largest absolute Gasteiger partial charge is 0.495 e. The van der Waals surface area contributed by atoms with Gasteiger partial charge in [0.2, 0.25) is 11.8 Å². The van der Waals surface area contributed by atoms with Crippen LogP contribution in [0.2, 0.25) is 0 Å². The van der Waals surface area contributed by atoms with Crippen molar-refractivity contribution in [2.75, 3.05) is 30.4 Å². The van der Waals surface area contributed by atoms with Crippen LogP contribution in [0.4, 0.5) is 11.4 Å². The highest BCUT2D eigenvalue weighted by atomic mass is 35.5. The summed E-state index contributed by atoms with van der Waals surface area (Å²) < 4.78 is 5.30. The third kappa shape index (κ3) is 4.09. The first-order valence-electron chi connectivity index (χ1n) is 6.64. The van der Waals surface area contributed by atoms with Crippen LogP contribution in [0.3, 0.4) is 0 Å². The number of ether oxygens (including phenoxy) is 1. The Morgan fingerprint density at radius 2 is 2.19 bits per heavy atom. The maximum Gasteiger partial charge on any atom is 0.238 e. The molecular weight excluding hydrogens is 294 g/mol. The van der Waals surface area contributed by atoms with E-state index in [9.17, 15) is 9.59 Å². The Balaban J connectivity index is 0.00000220. The molecule has 1 aromatic rings. The van der Waals surface area contributed by atoms with Gasteiger partial charge in [-0.2, -0.15) is 0 Å². The summed E-state index contributed by atoms with van der Waals surface area (Å²) >= 11 is 0. The van der Waals surface area contributed by atoms with Gasteiger partial charge in [0, 0.05) is 18.7 Å². The van der Waals surface area contributed by atoms with Crippen LogP contribution in [0, 0.1) is 0 Å². The number of nitrogens with one attached hydrogen (secondary N) is 1. The zero-order valence-electron chi connectivity index (χ0n) is 11.9. The summed E-state index contributed by atoms with van der Waals surface area (Å²) in [7, 11) is 1.56. The molecule has 3 N–H and O–H groups in total. The fraction of sp³-hybridized carbons (Fsp3) is 0.429. The lowest BCUT2D eigenvalue weighted by atomic mass is 10.1. The van der Waals surface area contributed by atoms with Crippen molar-refractivity contribution in [3.63, 3.8) is 0 Å². The van der Waals surface area contributed by atoms with Gasteiger partial charge in [0.05, 0.1) is 19.3 Å². The molecule has 0 aromatic heterocycles. The highest BCUT2D eigenvalue weighted by Gasteiger charge is 2.22. The van der Waals surface area contributed by atoms with Crippen molar-refractivity contribution < 1.29 is 14.3 Å². The number of carbonyl (C=O) groups excluding carboxylic acids is 2. The normalized spacial score (nSPS) is 14.4. The highest BCUT2D eigenvalue weighted by Crippen LogP contribution is 2.33. The van der Waals surface area contributed by atoms with Crippen LogP contribution in [0.15, 0.2) is 18.2 Å². The molecule has 2 rings (SSSR count). The lowest BCUT2D eigenvalue weighted by Crippen LogP contribution is -2.35. The van der Waals surface area contributed by atoms with E-state index in [1.54, 1.807) is 30.2 Å². The molecule has 0 radical (unpaired) electrons. The van der Waals surface area contributed by atoms with E-state index >= 15 is 0 Å². The maximum absolute atomic E-state index is 12.0. The van der Waals surface area contributed by atoms with E-state index in [0.29, 0.717) is 30.1 Å². The summed E-state index contributed by atoms with van der Waals surface area (Å²) in [6, 6.07) is 5.21. The second kappa shape index (κ2) is 7.85. The number of halogens is 1. The van der Waals surface area contributed by atoms with Crippen LogP contribution in [0.1, 0.15) is 19.3 Å². The van der Waals surface area contributed by atoms with Gasteiger partial charge in [0.15, 0.2) is 0 Å². The van der Waals surface area contributed by atoms with E-state index in [0.717, 1.165) is 12.8 Å². The molecule has 1 saturated heterocycles. The molecule has 0 bridgehead atoms. The van der Waals surface area contributed by atoms with Gasteiger partial charge in [0.25, 0.3) is 0 Å². The van der Waals surface area contributed by atoms with Crippen molar-refractivity contribution >= 4 is 35.6 Å². The number of rotatable bonds is 4. The minimum absolute atomic E-state index is 0. The fourth-order valence-electron chi connectivity index (χ4n) is 2.25. The topological polar surface area (TPSA) is 84.7 Å². The molecule has 1 aliphatic rings. The van der Waals surface area contributed by atoms with Gasteiger partial charge < -0.3 is 20.7 Å². The highest BCUT2D eigenvalue weighted by molar-refractivity contribution is 5.98. The summed E-state index contributed by atoms with van der Waals surface area (Å²) in [5, 5.41) is 2.68. The first-order valence-corrected chi connectivity index (χ1v) is 6.64. The van der Waals surface area contributed by atoms with Crippen LogP contribution in [-0.4, -0.2) is 32.0 Å². The number of hydrogen-bond donors (Lipinski definition) is 2. The molecule has 0 atom stereocenters. The average Bonchev–Trinajstić information content (AvgIpc) is 2.47. The molecule has 0 aliphatic carbocycles. The third-order valence-electron chi connectivity index (χ3n) is 3.26. The second-order valence-electron chi connectivity index (χ2n) is 4.64. The van der Waals surface area contributed by atoms with Gasteiger partial charge in [0.1, 0.15) is 5.75 Å². The number of piperidine rings is 1. The summed E-state index contributed by atoms with van der Waals surface area (Å²) in [4.78, 5) is 25.1. The molecule has 116 valence electrons. The first kappa shape index (κ1) is 17.3. The van der Waals surface area contributed by atoms with Crippen molar-refractivity contribution in [1.82, 2.24) is 0 Å². The molecule has 0 unspecified atom stereocenters. The molecule has 0 spiro atoms. The monoisotopic (exact) mass is 313 g/mol. The van der Waals surface area contributed by atoms with Crippen molar-refractivity contribution in [2.24, 2.45) is 5.73 Å². The molecule has 1 fully saturated rings. The smallest absolute Gasteiger partial charge is 0.238 e. The summed E-state index contributed by atoms with van der Waals surface area (Å²) in [5.74, 6) is 0.425. The van der Waals surface area contributed by atoms with Crippen LogP contribution in [0.25, 0.3) is 0 Å². The maximum atomic E-state index is 12.0. The zero-order chi connectivity index (χ0) is 14.5. The van der Waals surface area contributed by atoms with Crippen LogP contribution < -0.4 is 20.7 Å². The number of hydrogen-bond acceptors (Lipinski definition) is 4. The van der Waals surface area contributed by atoms with Gasteiger partial charge in [-0.1, -0.05) is 0 Å². The van der Waals surface area contributed by atoms with Gasteiger partial charge >= 0.3 is 0 Å². The van der Waals surface area contributed by atoms with E-state index in [4.69, 9.17) is 10.5 Å². The molecule has 21 heavy (non-hydrogen) atoms. The SMILES string of the molecule is COc1ccc(NC(=O)CN)cc1N1CCCCC1=O.Cl. The van der Waals surface area contributed by atoms with E-state index in [1.165, 1.54) is 0 Å². The Hall–Kier alpha value is -1.79. The summed E-state index contributed by atoms with van der Waals surface area (Å²) in [6.07, 6.45) is 2.43. The fourth-order valence-corrected chi connectivity index (χ4v) is 2.25. The molecular formula is C14H20ClN3O3. The number of amides is 2. The lowest BCUT2D eigenvalue weighted by molar-refractivity contribution is -0.119. The standard InChI is InChI=1S/C14H19N3O3.ClH/c1-20-12-6-5-10(16-13(18)9-15)8-11(12)17-7-3-2-4-14(17)19;/h5-6,8H,2-4,7,9,15H2,1H3,(H,16,18);1H. The van der Waals surface area contributed by atoms with Gasteiger partial charge in [-0.15, -0.1) is 12.4 Å². The number of carbonyl (C=O) groups is 2. The Morgan fingerprint density at radius 3 is 2.81 bits per heavy atom. The molecule has 1 aromatic carbocycles. The third-order valence-corrected chi connectivity index (χ3v) is 3.26. The Labute approximate surface area is 130 Å². The summed E-state index contributed by atoms with van der Waals surface area (Å²) in [6.45, 7) is 0.591. The Morgan fingerprint density at radius 1 is 1.43 bits per heavy atom. The summed E-state index contributed by atoms with van der Waals surface area (Å²) in [5.41, 5.74) is 6.57. The van der Waals surface area contributed by atoms with Gasteiger partial charge in [-0.3, -0.25) is 9.59 Å². The Kier molecular flexibility index (Phi) is 6.45. The quantitative estimate of drug-likeness (QED) is 0.883. The number of anilines is 2. The molecule has 7 heteroatoms. The zero-order valence-corrected chi connectivity index (χ0v) is 12.7. The Bertz CT molecular complexity index is 522. The number of nitrogens with two attached hydrogens (primary N) is 1. The predicted octanol–water partition coefficient (Wildman–Crippen LogP) is 1.53. The van der Waals surface area contributed by atoms with Crippen molar-refractivity contribution in [3.05, 3.63) is 18.2 Å². The molecule has 6 nitrogen and oxygen atoms in total. The average molecular weight is 314 g/mol. The van der Waals surface area contributed by atoms with Crippen molar-refractivity contribution in [1.29, 1.82) is 0 Å². The molecule has 0 saturated carbocycles. The van der Waals surface area contributed by atoms with Crippen molar-refractivity contribution in [3.8, 4) is 5.75 Å². The molecule has 1 heterocycles. The van der Waals surface area contributed by atoms with E-state index < -0.39 is 0 Å². The lowest BCUT2D eigenvalue weighted by Gasteiger charge is -2.28. The minimum Gasteiger partial charge on any atom is -0.495 e. The predicted molar refractivity (Wildman–Crippen MR) is 84.1 cm³/mol. The van der Waals surface area contributed by atoms with E-state index in [1.807, 2.05) is 0 Å². The van der Waals surface area contributed by atoms with Gasteiger partial charge in [-0.05, 0) is 31.0 Å². The minimum atomic E-state index is -0.272. The van der Waals surface area contributed by atoms with Crippen LogP contribution in [-0.2, 0) is 9.59 Å². The first-order chi connectivity index (χ1) is 9.65. The number of benzene rings is 1. The number of nitrogens with zero attached hydrogens (tertiary/aromatic N) is 1. The van der Waals surface area contributed by atoms with Crippen molar-refractivity contribution in [2.45, 2.75) is 19.3 Å². The number of methoxy groups -OCH3 is 1. The van der Waals surface area contributed by atoms with E-state index in [-0.39, 0.29) is 30.8 Å². The van der Waals surface area contributed by atoms with E-state index in [2.05, 4.69) is 5.32 Å². The van der Waals surface area contributed by atoms with Crippen LogP contribution >= 0.6 is 12.4 Å². The van der Waals surface area contributed by atoms with Crippen LogP contribution in [0.5, 0.6) is 5.75 Å². The molecule has 1 aliphatic heterocycles.